The van der Waals surface area contributed by atoms with Crippen LogP contribution < -0.4 is 5.32 Å². The van der Waals surface area contributed by atoms with Crippen LogP contribution in [0.2, 0.25) is 0 Å². The summed E-state index contributed by atoms with van der Waals surface area (Å²) >= 11 is 1.81. The summed E-state index contributed by atoms with van der Waals surface area (Å²) in [6.07, 6.45) is 6.58. The van der Waals surface area contributed by atoms with Crippen molar-refractivity contribution in [2.45, 2.75) is 52.6 Å². The molecule has 7 heteroatoms. The minimum Gasteiger partial charge on any atom is -0.378 e. The van der Waals surface area contributed by atoms with E-state index in [0.717, 1.165) is 64.4 Å². The lowest BCUT2D eigenvalue weighted by Gasteiger charge is -2.34. The molecule has 0 bridgehead atoms. The number of piperidine rings is 1. The summed E-state index contributed by atoms with van der Waals surface area (Å²) in [6, 6.07) is 0. The van der Waals surface area contributed by atoms with Crippen molar-refractivity contribution in [1.29, 1.82) is 0 Å². The number of hydrogen-bond acceptors (Lipinski definition) is 4. The van der Waals surface area contributed by atoms with Crippen molar-refractivity contribution in [3.8, 4) is 0 Å². The molecule has 138 valence electrons. The van der Waals surface area contributed by atoms with Crippen LogP contribution in [0.25, 0.3) is 0 Å². The summed E-state index contributed by atoms with van der Waals surface area (Å²) in [5.74, 6) is 1.04. The molecule has 0 spiro atoms. The Hall–Kier alpha value is -0.410. The topological polar surface area (TPSA) is 49.8 Å². The molecule has 5 nitrogen and oxygen atoms in total. The lowest BCUT2D eigenvalue weighted by Crippen LogP contribution is -2.47. The summed E-state index contributed by atoms with van der Waals surface area (Å²) < 4.78 is 5.73. The average molecular weight is 466 g/mol. The highest BCUT2D eigenvalue weighted by molar-refractivity contribution is 14.0. The Morgan fingerprint density at radius 2 is 2.12 bits per heavy atom. The van der Waals surface area contributed by atoms with Crippen LogP contribution in [0.3, 0.4) is 0 Å². The number of aliphatic imine (C=N–C) groups is 1. The van der Waals surface area contributed by atoms with Crippen LogP contribution in [-0.2, 0) is 17.6 Å². The minimum absolute atomic E-state index is 0. The van der Waals surface area contributed by atoms with Crippen LogP contribution in [-0.4, -0.2) is 54.7 Å². The maximum absolute atomic E-state index is 5.73. The molecule has 0 aromatic carbocycles. The Balaban J connectivity index is 0.00000288. The molecule has 0 atom stereocenters. The molecule has 0 amide bonds. The molecule has 0 aliphatic carbocycles. The van der Waals surface area contributed by atoms with Crippen molar-refractivity contribution < 1.29 is 4.74 Å². The van der Waals surface area contributed by atoms with Gasteiger partial charge in [-0.2, -0.15) is 0 Å². The number of thiazole rings is 1. The van der Waals surface area contributed by atoms with Crippen molar-refractivity contribution in [3.05, 3.63) is 16.1 Å². The van der Waals surface area contributed by atoms with Crippen LogP contribution in [0.1, 0.15) is 43.5 Å². The molecule has 0 saturated carbocycles. The number of aryl methyl sites for hydroxylation is 1. The molecule has 0 unspecified atom stereocenters. The number of likely N-dealkylation sites (tertiary alicyclic amines) is 1. The number of aromatic nitrogens is 1. The highest BCUT2D eigenvalue weighted by atomic mass is 127. The molecule has 2 rings (SSSR count). The molecule has 2 heterocycles. The fourth-order valence-electron chi connectivity index (χ4n) is 2.78. The van der Waals surface area contributed by atoms with Gasteiger partial charge >= 0.3 is 0 Å². The van der Waals surface area contributed by atoms with E-state index in [1.54, 1.807) is 0 Å². The molecule has 1 N–H and O–H groups in total. The third-order valence-corrected chi connectivity index (χ3v) is 5.22. The molecule has 24 heavy (non-hydrogen) atoms. The predicted molar refractivity (Wildman–Crippen MR) is 113 cm³/mol. The van der Waals surface area contributed by atoms with Gasteiger partial charge in [0.05, 0.1) is 11.1 Å². The van der Waals surface area contributed by atoms with E-state index in [9.17, 15) is 0 Å². The minimum atomic E-state index is 0. The zero-order chi connectivity index (χ0) is 16.5. The number of hydrogen-bond donors (Lipinski definition) is 1. The van der Waals surface area contributed by atoms with Gasteiger partial charge in [0.1, 0.15) is 0 Å². The number of halogens is 1. The quantitative estimate of drug-likeness (QED) is 0.381. The standard InChI is InChI=1S/C17H30N4OS.HI/c1-4-15-13-20-16(23-15)7-10-19-17(18-5-2)21-11-8-14(9-12-21)22-6-3;/h13-14H,4-12H2,1-3H3,(H,18,19);1H. The third kappa shape index (κ3) is 6.84. The van der Waals surface area contributed by atoms with Crippen molar-refractivity contribution in [3.63, 3.8) is 0 Å². The zero-order valence-corrected chi connectivity index (χ0v) is 18.2. The Labute approximate surface area is 167 Å². The lowest BCUT2D eigenvalue weighted by atomic mass is 10.1. The fraction of sp³-hybridized carbons (Fsp3) is 0.765. The van der Waals surface area contributed by atoms with Gasteiger partial charge in [-0.1, -0.05) is 6.92 Å². The van der Waals surface area contributed by atoms with Crippen molar-refractivity contribution >= 4 is 41.3 Å². The Kier molecular flexibility index (Phi) is 10.8. The molecule has 1 saturated heterocycles. The largest absolute Gasteiger partial charge is 0.378 e. The van der Waals surface area contributed by atoms with Gasteiger partial charge in [-0.25, -0.2) is 4.98 Å². The van der Waals surface area contributed by atoms with Gasteiger partial charge < -0.3 is 15.0 Å². The summed E-state index contributed by atoms with van der Waals surface area (Å²) in [5, 5.41) is 4.61. The van der Waals surface area contributed by atoms with Gasteiger partial charge in [0.25, 0.3) is 0 Å². The van der Waals surface area contributed by atoms with Crippen LogP contribution in [0, 0.1) is 0 Å². The highest BCUT2D eigenvalue weighted by Crippen LogP contribution is 2.15. The van der Waals surface area contributed by atoms with Gasteiger partial charge in [-0.05, 0) is 33.1 Å². The predicted octanol–water partition coefficient (Wildman–Crippen LogP) is 3.33. The maximum atomic E-state index is 5.73. The second-order valence-electron chi connectivity index (χ2n) is 5.70. The zero-order valence-electron chi connectivity index (χ0n) is 15.1. The Bertz CT molecular complexity index is 487. The van der Waals surface area contributed by atoms with Crippen molar-refractivity contribution in [1.82, 2.24) is 15.2 Å². The second-order valence-corrected chi connectivity index (χ2v) is 6.90. The molecule has 1 aliphatic rings. The normalized spacial score (nSPS) is 16.1. The van der Waals surface area contributed by atoms with E-state index in [-0.39, 0.29) is 24.0 Å². The number of nitrogens with zero attached hydrogens (tertiary/aromatic N) is 3. The Morgan fingerprint density at radius 1 is 1.38 bits per heavy atom. The summed E-state index contributed by atoms with van der Waals surface area (Å²) in [7, 11) is 0. The fourth-order valence-corrected chi connectivity index (χ4v) is 3.63. The van der Waals surface area contributed by atoms with E-state index in [4.69, 9.17) is 9.73 Å². The molecular formula is C17H31IN4OS. The number of guanidine groups is 1. The van der Waals surface area contributed by atoms with Crippen molar-refractivity contribution in [2.75, 3.05) is 32.8 Å². The first-order valence-electron chi connectivity index (χ1n) is 8.85. The van der Waals surface area contributed by atoms with Crippen LogP contribution in [0.5, 0.6) is 0 Å². The first-order valence-corrected chi connectivity index (χ1v) is 9.66. The SMILES string of the molecule is CCNC(=NCCc1ncc(CC)s1)N1CCC(OCC)CC1.I. The number of rotatable bonds is 7. The van der Waals surface area contributed by atoms with Crippen LogP contribution in [0.4, 0.5) is 0 Å². The summed E-state index contributed by atoms with van der Waals surface area (Å²) in [5.41, 5.74) is 0. The molecular weight excluding hydrogens is 435 g/mol. The first kappa shape index (κ1) is 21.6. The average Bonchev–Trinajstić information content (AvgIpc) is 3.03. The molecule has 1 fully saturated rings. The van der Waals surface area contributed by atoms with Crippen LogP contribution >= 0.6 is 35.3 Å². The number of ether oxygens (including phenoxy) is 1. The van der Waals surface area contributed by atoms with E-state index in [1.165, 1.54) is 9.88 Å². The van der Waals surface area contributed by atoms with Crippen LogP contribution in [0.15, 0.2) is 11.2 Å². The number of nitrogens with one attached hydrogen (secondary N) is 1. The van der Waals surface area contributed by atoms with E-state index in [0.29, 0.717) is 6.10 Å². The molecule has 1 aromatic rings. The van der Waals surface area contributed by atoms with Gasteiger partial charge in [-0.15, -0.1) is 35.3 Å². The molecule has 1 aliphatic heterocycles. The lowest BCUT2D eigenvalue weighted by molar-refractivity contribution is 0.0264. The Morgan fingerprint density at radius 3 is 2.71 bits per heavy atom. The third-order valence-electron chi connectivity index (χ3n) is 4.02. The second kappa shape index (κ2) is 12.0. The summed E-state index contributed by atoms with van der Waals surface area (Å²) in [4.78, 5) is 13.0. The van der Waals surface area contributed by atoms with Crippen molar-refractivity contribution in [2.24, 2.45) is 4.99 Å². The first-order chi connectivity index (χ1) is 11.3. The van der Waals surface area contributed by atoms with E-state index in [1.807, 2.05) is 17.5 Å². The van der Waals surface area contributed by atoms with Gasteiger partial charge in [0.15, 0.2) is 5.96 Å². The van der Waals surface area contributed by atoms with E-state index in [2.05, 4.69) is 36.0 Å². The van der Waals surface area contributed by atoms with Gasteiger partial charge in [0.2, 0.25) is 0 Å². The maximum Gasteiger partial charge on any atom is 0.193 e. The van der Waals surface area contributed by atoms with E-state index < -0.39 is 0 Å². The molecule has 1 aromatic heterocycles. The highest BCUT2D eigenvalue weighted by Gasteiger charge is 2.21. The summed E-state index contributed by atoms with van der Waals surface area (Å²) in [6.45, 7) is 10.9. The monoisotopic (exact) mass is 466 g/mol. The van der Waals surface area contributed by atoms with E-state index >= 15 is 0 Å². The molecule has 0 radical (unpaired) electrons. The smallest absolute Gasteiger partial charge is 0.193 e. The van der Waals surface area contributed by atoms with Gasteiger partial charge in [-0.3, -0.25) is 4.99 Å². The van der Waals surface area contributed by atoms with Gasteiger partial charge in [0, 0.05) is 50.3 Å².